The van der Waals surface area contributed by atoms with Gasteiger partial charge in [0.05, 0.1) is 6.67 Å². The highest BCUT2D eigenvalue weighted by Crippen LogP contribution is 2.34. The third kappa shape index (κ3) is 3.19. The fourth-order valence-corrected chi connectivity index (χ4v) is 2.80. The number of benzene rings is 1. The zero-order valence-electron chi connectivity index (χ0n) is 11.4. The summed E-state index contributed by atoms with van der Waals surface area (Å²) >= 11 is 8.93. The molecule has 0 bridgehead atoms. The van der Waals surface area contributed by atoms with E-state index in [4.69, 9.17) is 12.2 Å². The summed E-state index contributed by atoms with van der Waals surface area (Å²) in [7, 11) is 2.08. The monoisotopic (exact) mass is 352 g/mol. The maximum atomic E-state index is 5.47. The predicted molar refractivity (Wildman–Crippen MR) is 84.9 cm³/mol. The SMILES string of the molecule is CN(Cc1ccc(Br)cc1)Cn1ncn(C2CC2)c1=S. The number of hydrogen-bond acceptors (Lipinski definition) is 3. The first-order valence-electron chi connectivity index (χ1n) is 6.70. The number of aromatic nitrogens is 3. The highest BCUT2D eigenvalue weighted by molar-refractivity contribution is 9.10. The molecule has 0 N–H and O–H groups in total. The van der Waals surface area contributed by atoms with Gasteiger partial charge >= 0.3 is 0 Å². The van der Waals surface area contributed by atoms with E-state index >= 15 is 0 Å². The highest BCUT2D eigenvalue weighted by Gasteiger charge is 2.25. The lowest BCUT2D eigenvalue weighted by Gasteiger charge is -2.16. The second kappa shape index (κ2) is 5.79. The molecule has 1 heterocycles. The molecular formula is C14H17BrN4S. The van der Waals surface area contributed by atoms with Gasteiger partial charge in [0, 0.05) is 17.1 Å². The lowest BCUT2D eigenvalue weighted by Crippen LogP contribution is -2.22. The summed E-state index contributed by atoms with van der Waals surface area (Å²) in [5.74, 6) is 0. The van der Waals surface area contributed by atoms with Crippen LogP contribution in [0.15, 0.2) is 35.1 Å². The molecule has 1 aromatic carbocycles. The maximum absolute atomic E-state index is 5.47. The van der Waals surface area contributed by atoms with Crippen LogP contribution in [0.4, 0.5) is 0 Å². The van der Waals surface area contributed by atoms with Crippen molar-refractivity contribution in [2.45, 2.75) is 32.1 Å². The Morgan fingerprint density at radius 3 is 2.70 bits per heavy atom. The van der Waals surface area contributed by atoms with Crippen molar-refractivity contribution in [2.24, 2.45) is 0 Å². The minimum absolute atomic E-state index is 0.591. The van der Waals surface area contributed by atoms with Gasteiger partial charge in [0.2, 0.25) is 0 Å². The van der Waals surface area contributed by atoms with Crippen LogP contribution < -0.4 is 0 Å². The molecule has 1 aromatic heterocycles. The Bertz CT molecular complexity index is 642. The Hall–Kier alpha value is -0.980. The zero-order chi connectivity index (χ0) is 14.1. The van der Waals surface area contributed by atoms with Gasteiger partial charge in [-0.1, -0.05) is 28.1 Å². The first kappa shape index (κ1) is 14.0. The molecule has 2 aromatic rings. The van der Waals surface area contributed by atoms with Crippen molar-refractivity contribution in [2.75, 3.05) is 7.05 Å². The third-order valence-corrected chi connectivity index (χ3v) is 4.39. The van der Waals surface area contributed by atoms with Crippen LogP contribution in [0.3, 0.4) is 0 Å². The largest absolute Gasteiger partial charge is 0.303 e. The van der Waals surface area contributed by atoms with Crippen LogP contribution in [0.25, 0.3) is 0 Å². The van der Waals surface area contributed by atoms with Crippen molar-refractivity contribution in [1.82, 2.24) is 19.2 Å². The van der Waals surface area contributed by atoms with Crippen molar-refractivity contribution in [3.05, 3.63) is 45.4 Å². The van der Waals surface area contributed by atoms with Gasteiger partial charge in [-0.15, -0.1) is 0 Å². The van der Waals surface area contributed by atoms with E-state index in [0.29, 0.717) is 12.7 Å². The van der Waals surface area contributed by atoms with E-state index in [9.17, 15) is 0 Å². The quantitative estimate of drug-likeness (QED) is 0.769. The standard InChI is InChI=1S/C14H17BrN4S/c1-17(8-11-2-4-12(15)5-3-11)10-19-14(20)18(9-16-19)13-6-7-13/h2-5,9,13H,6-8,10H2,1H3. The Morgan fingerprint density at radius 2 is 2.05 bits per heavy atom. The number of nitrogens with zero attached hydrogens (tertiary/aromatic N) is 4. The lowest BCUT2D eigenvalue weighted by molar-refractivity contribution is 0.243. The first-order chi connectivity index (χ1) is 9.63. The predicted octanol–water partition coefficient (Wildman–Crippen LogP) is 3.60. The number of rotatable bonds is 5. The van der Waals surface area contributed by atoms with Gasteiger partial charge in [-0.3, -0.25) is 4.90 Å². The van der Waals surface area contributed by atoms with Crippen molar-refractivity contribution in [1.29, 1.82) is 0 Å². The molecule has 0 saturated heterocycles. The van der Waals surface area contributed by atoms with E-state index in [1.807, 2.05) is 11.0 Å². The molecule has 4 nitrogen and oxygen atoms in total. The van der Waals surface area contributed by atoms with Crippen LogP contribution in [-0.2, 0) is 13.2 Å². The van der Waals surface area contributed by atoms with E-state index in [1.54, 1.807) is 0 Å². The number of hydrogen-bond donors (Lipinski definition) is 0. The molecule has 20 heavy (non-hydrogen) atoms. The Labute approximate surface area is 132 Å². The molecule has 3 rings (SSSR count). The van der Waals surface area contributed by atoms with Crippen LogP contribution in [-0.4, -0.2) is 26.3 Å². The van der Waals surface area contributed by atoms with E-state index in [2.05, 4.69) is 61.8 Å². The van der Waals surface area contributed by atoms with Gasteiger partial charge in [-0.05, 0) is 49.8 Å². The van der Waals surface area contributed by atoms with E-state index in [1.165, 1.54) is 18.4 Å². The molecule has 1 fully saturated rings. The minimum atomic E-state index is 0.591. The summed E-state index contributed by atoms with van der Waals surface area (Å²) in [6, 6.07) is 8.98. The highest BCUT2D eigenvalue weighted by atomic mass is 79.9. The average Bonchev–Trinajstić information content (AvgIpc) is 3.19. The second-order valence-electron chi connectivity index (χ2n) is 5.33. The third-order valence-electron chi connectivity index (χ3n) is 3.44. The molecule has 1 aliphatic carbocycles. The Kier molecular flexibility index (Phi) is 4.05. The van der Waals surface area contributed by atoms with Crippen molar-refractivity contribution in [3.63, 3.8) is 0 Å². The van der Waals surface area contributed by atoms with Crippen molar-refractivity contribution < 1.29 is 0 Å². The van der Waals surface area contributed by atoms with Gasteiger partial charge in [0.25, 0.3) is 0 Å². The molecular weight excluding hydrogens is 336 g/mol. The van der Waals surface area contributed by atoms with Crippen molar-refractivity contribution >= 4 is 28.1 Å². The van der Waals surface area contributed by atoms with Gasteiger partial charge < -0.3 is 4.57 Å². The summed E-state index contributed by atoms with van der Waals surface area (Å²) < 4.78 is 5.94. The van der Waals surface area contributed by atoms with Gasteiger partial charge in [-0.25, -0.2) is 4.68 Å². The van der Waals surface area contributed by atoms with Gasteiger partial charge in [-0.2, -0.15) is 5.10 Å². The zero-order valence-corrected chi connectivity index (χ0v) is 13.8. The summed E-state index contributed by atoms with van der Waals surface area (Å²) in [5, 5.41) is 4.40. The first-order valence-corrected chi connectivity index (χ1v) is 7.90. The summed E-state index contributed by atoms with van der Waals surface area (Å²) in [5.41, 5.74) is 1.28. The van der Waals surface area contributed by atoms with E-state index in [0.717, 1.165) is 15.8 Å². The van der Waals surface area contributed by atoms with Gasteiger partial charge in [0.15, 0.2) is 4.77 Å². The van der Waals surface area contributed by atoms with Crippen LogP contribution in [0.1, 0.15) is 24.4 Å². The smallest absolute Gasteiger partial charge is 0.199 e. The van der Waals surface area contributed by atoms with Gasteiger partial charge in [0.1, 0.15) is 6.33 Å². The average molecular weight is 353 g/mol. The fourth-order valence-electron chi connectivity index (χ4n) is 2.23. The summed E-state index contributed by atoms with van der Waals surface area (Å²) in [4.78, 5) is 2.21. The summed E-state index contributed by atoms with van der Waals surface area (Å²) in [6.45, 7) is 1.60. The molecule has 0 atom stereocenters. The van der Waals surface area contributed by atoms with E-state index < -0.39 is 0 Å². The van der Waals surface area contributed by atoms with Crippen LogP contribution >= 0.6 is 28.1 Å². The molecule has 0 spiro atoms. The van der Waals surface area contributed by atoms with Crippen LogP contribution in [0.5, 0.6) is 0 Å². The van der Waals surface area contributed by atoms with Crippen molar-refractivity contribution in [3.8, 4) is 0 Å². The Morgan fingerprint density at radius 1 is 1.35 bits per heavy atom. The fraction of sp³-hybridized carbons (Fsp3) is 0.429. The molecule has 1 saturated carbocycles. The maximum Gasteiger partial charge on any atom is 0.199 e. The number of halogens is 1. The van der Waals surface area contributed by atoms with Crippen LogP contribution in [0.2, 0.25) is 0 Å². The molecule has 1 aliphatic rings. The van der Waals surface area contributed by atoms with E-state index in [-0.39, 0.29) is 0 Å². The molecule has 0 amide bonds. The molecule has 106 valence electrons. The normalized spacial score (nSPS) is 14.9. The van der Waals surface area contributed by atoms with Crippen LogP contribution in [0, 0.1) is 4.77 Å². The Balaban J connectivity index is 1.65. The molecule has 6 heteroatoms. The topological polar surface area (TPSA) is 26.0 Å². The minimum Gasteiger partial charge on any atom is -0.303 e. The molecule has 0 radical (unpaired) electrons. The molecule has 0 unspecified atom stereocenters. The second-order valence-corrected chi connectivity index (χ2v) is 6.61. The summed E-state index contributed by atoms with van der Waals surface area (Å²) in [6.07, 6.45) is 4.33. The molecule has 0 aliphatic heterocycles. The lowest BCUT2D eigenvalue weighted by atomic mass is 10.2.